The van der Waals surface area contributed by atoms with Gasteiger partial charge in [-0.05, 0) is 34.7 Å². The smallest absolute Gasteiger partial charge is 0.345 e. The van der Waals surface area contributed by atoms with E-state index in [0.717, 1.165) is 0 Å². The number of carbonyl (C=O) groups excluding carboxylic acids is 2. The lowest BCUT2D eigenvalue weighted by atomic mass is 10.3. The van der Waals surface area contributed by atoms with Crippen molar-refractivity contribution in [3.63, 3.8) is 0 Å². The van der Waals surface area contributed by atoms with E-state index < -0.39 is 21.6 Å². The van der Waals surface area contributed by atoms with Crippen molar-refractivity contribution in [3.8, 4) is 11.5 Å². The number of rotatable bonds is 4. The standard InChI is InChI=1S/C10H5Cl4IO4/c11-7(12)9(16)18-5-3-1-2-4(15)6(5)19-10(17)8(13)14/h1-3,7-8H. The van der Waals surface area contributed by atoms with Crippen molar-refractivity contribution in [1.29, 1.82) is 0 Å². The van der Waals surface area contributed by atoms with Crippen LogP contribution in [-0.4, -0.2) is 21.6 Å². The van der Waals surface area contributed by atoms with Crippen LogP contribution < -0.4 is 9.47 Å². The number of carbonyl (C=O) groups is 2. The largest absolute Gasteiger partial charge is 0.420 e. The highest BCUT2D eigenvalue weighted by Crippen LogP contribution is 2.33. The molecule has 9 heteroatoms. The molecule has 0 saturated carbocycles. The molecule has 1 aromatic rings. The molecular weight excluding hydrogens is 453 g/mol. The predicted octanol–water partition coefficient (Wildman–Crippen LogP) is 3.71. The maximum atomic E-state index is 11.4. The van der Waals surface area contributed by atoms with Crippen LogP contribution >= 0.6 is 69.0 Å². The van der Waals surface area contributed by atoms with Crippen LogP contribution in [0.1, 0.15) is 0 Å². The van der Waals surface area contributed by atoms with Crippen LogP contribution in [0.2, 0.25) is 0 Å². The van der Waals surface area contributed by atoms with Crippen molar-refractivity contribution < 1.29 is 19.1 Å². The van der Waals surface area contributed by atoms with Gasteiger partial charge in [0.15, 0.2) is 11.5 Å². The Morgan fingerprint density at radius 1 is 1.00 bits per heavy atom. The first kappa shape index (κ1) is 17.1. The summed E-state index contributed by atoms with van der Waals surface area (Å²) >= 11 is 23.4. The van der Waals surface area contributed by atoms with E-state index in [0.29, 0.717) is 3.57 Å². The van der Waals surface area contributed by atoms with Crippen molar-refractivity contribution in [1.82, 2.24) is 0 Å². The second kappa shape index (κ2) is 7.73. The molecule has 0 spiro atoms. The third-order valence-corrected chi connectivity index (χ3v) is 3.26. The van der Waals surface area contributed by atoms with E-state index in [4.69, 9.17) is 55.9 Å². The minimum absolute atomic E-state index is 0.00877. The van der Waals surface area contributed by atoms with Gasteiger partial charge >= 0.3 is 11.9 Å². The zero-order chi connectivity index (χ0) is 14.6. The molecule has 0 heterocycles. The van der Waals surface area contributed by atoms with E-state index in [-0.39, 0.29) is 11.5 Å². The molecule has 0 radical (unpaired) electrons. The van der Waals surface area contributed by atoms with E-state index in [1.54, 1.807) is 12.1 Å². The Bertz CT molecular complexity index is 492. The Kier molecular flexibility index (Phi) is 6.96. The summed E-state index contributed by atoms with van der Waals surface area (Å²) in [4.78, 5) is 20.0. The maximum absolute atomic E-state index is 11.4. The summed E-state index contributed by atoms with van der Waals surface area (Å²) in [7, 11) is 0. The fraction of sp³-hybridized carbons (Fsp3) is 0.200. The van der Waals surface area contributed by atoms with Crippen LogP contribution in [0.3, 0.4) is 0 Å². The number of benzene rings is 1. The Labute approximate surface area is 142 Å². The topological polar surface area (TPSA) is 52.6 Å². The second-order valence-electron chi connectivity index (χ2n) is 3.01. The van der Waals surface area contributed by atoms with Crippen LogP contribution in [0.5, 0.6) is 11.5 Å². The van der Waals surface area contributed by atoms with Gasteiger partial charge in [-0.3, -0.25) is 0 Å². The van der Waals surface area contributed by atoms with Gasteiger partial charge < -0.3 is 9.47 Å². The highest BCUT2D eigenvalue weighted by Gasteiger charge is 2.22. The summed E-state index contributed by atoms with van der Waals surface area (Å²) in [6.45, 7) is 0. The molecule has 0 aliphatic rings. The summed E-state index contributed by atoms with van der Waals surface area (Å²) in [5.41, 5.74) is 0. The summed E-state index contributed by atoms with van der Waals surface area (Å²) < 4.78 is 10.4. The predicted molar refractivity (Wildman–Crippen MR) is 81.4 cm³/mol. The Morgan fingerprint density at radius 3 is 2.05 bits per heavy atom. The summed E-state index contributed by atoms with van der Waals surface area (Å²) in [6.07, 6.45) is 0. The van der Waals surface area contributed by atoms with Gasteiger partial charge in [0.05, 0.1) is 3.57 Å². The van der Waals surface area contributed by atoms with E-state index >= 15 is 0 Å². The van der Waals surface area contributed by atoms with Crippen LogP contribution in [0, 0.1) is 3.57 Å². The third-order valence-electron chi connectivity index (χ3n) is 1.70. The Balaban J connectivity index is 3.02. The molecule has 1 aromatic carbocycles. The number of hydrogen-bond donors (Lipinski definition) is 0. The fourth-order valence-electron chi connectivity index (χ4n) is 0.967. The van der Waals surface area contributed by atoms with Crippen molar-refractivity contribution >= 4 is 80.9 Å². The molecule has 0 aromatic heterocycles. The average molecular weight is 458 g/mol. The number of ether oxygens (including phenoxy) is 2. The van der Waals surface area contributed by atoms with Crippen LogP contribution in [0.25, 0.3) is 0 Å². The van der Waals surface area contributed by atoms with E-state index in [1.165, 1.54) is 6.07 Å². The van der Waals surface area contributed by atoms with Gasteiger partial charge in [0, 0.05) is 0 Å². The fourth-order valence-corrected chi connectivity index (χ4v) is 1.73. The lowest BCUT2D eigenvalue weighted by Gasteiger charge is -2.12. The van der Waals surface area contributed by atoms with Gasteiger partial charge in [-0.25, -0.2) is 9.59 Å². The van der Waals surface area contributed by atoms with Crippen LogP contribution in [0.15, 0.2) is 18.2 Å². The van der Waals surface area contributed by atoms with Gasteiger partial charge in [-0.1, -0.05) is 52.5 Å². The first-order valence-electron chi connectivity index (χ1n) is 4.61. The van der Waals surface area contributed by atoms with Gasteiger partial charge in [0.1, 0.15) is 0 Å². The molecule has 0 aliphatic carbocycles. The summed E-state index contributed by atoms with van der Waals surface area (Å²) in [5, 5.41) is 0. The molecule has 0 bridgehead atoms. The summed E-state index contributed by atoms with van der Waals surface area (Å²) in [5.74, 6) is -1.78. The minimum Gasteiger partial charge on any atom is -0.420 e. The lowest BCUT2D eigenvalue weighted by Crippen LogP contribution is -2.19. The Morgan fingerprint density at radius 2 is 1.53 bits per heavy atom. The maximum Gasteiger partial charge on any atom is 0.345 e. The van der Waals surface area contributed by atoms with Crippen molar-refractivity contribution in [2.45, 2.75) is 9.67 Å². The molecule has 0 fully saturated rings. The van der Waals surface area contributed by atoms with Gasteiger partial charge in [0.25, 0.3) is 0 Å². The number of esters is 2. The van der Waals surface area contributed by atoms with Gasteiger partial charge in [-0.2, -0.15) is 0 Å². The molecule has 19 heavy (non-hydrogen) atoms. The first-order chi connectivity index (χ1) is 8.82. The molecule has 0 amide bonds. The van der Waals surface area contributed by atoms with Gasteiger partial charge in [0.2, 0.25) is 9.67 Å². The van der Waals surface area contributed by atoms with Crippen molar-refractivity contribution in [2.24, 2.45) is 0 Å². The van der Waals surface area contributed by atoms with Crippen molar-refractivity contribution in [2.75, 3.05) is 0 Å². The summed E-state index contributed by atoms with van der Waals surface area (Å²) in [6, 6.07) is 4.64. The molecule has 0 N–H and O–H groups in total. The number of hydrogen-bond acceptors (Lipinski definition) is 4. The zero-order valence-electron chi connectivity index (χ0n) is 8.91. The third kappa shape index (κ3) is 5.15. The van der Waals surface area contributed by atoms with E-state index in [1.807, 2.05) is 22.6 Å². The van der Waals surface area contributed by atoms with Crippen molar-refractivity contribution in [3.05, 3.63) is 21.8 Å². The normalized spacial score (nSPS) is 10.7. The molecule has 0 saturated heterocycles. The minimum atomic E-state index is -1.35. The number of para-hydroxylation sites is 1. The highest BCUT2D eigenvalue weighted by molar-refractivity contribution is 14.1. The quantitative estimate of drug-likeness (QED) is 0.299. The van der Waals surface area contributed by atoms with Crippen LogP contribution in [0.4, 0.5) is 0 Å². The van der Waals surface area contributed by atoms with Crippen LogP contribution in [-0.2, 0) is 9.59 Å². The molecule has 0 aliphatic heterocycles. The highest BCUT2D eigenvalue weighted by atomic mass is 127. The first-order valence-corrected chi connectivity index (χ1v) is 7.43. The molecule has 104 valence electrons. The molecule has 0 unspecified atom stereocenters. The lowest BCUT2D eigenvalue weighted by molar-refractivity contribution is -0.135. The monoisotopic (exact) mass is 456 g/mol. The number of halogens is 5. The van der Waals surface area contributed by atoms with E-state index in [9.17, 15) is 9.59 Å². The molecule has 0 atom stereocenters. The average Bonchev–Trinajstić information content (AvgIpc) is 2.32. The van der Waals surface area contributed by atoms with E-state index in [2.05, 4.69) is 0 Å². The zero-order valence-corrected chi connectivity index (χ0v) is 14.1. The molecule has 4 nitrogen and oxygen atoms in total. The SMILES string of the molecule is O=C(Oc1cccc(I)c1OC(=O)C(Cl)Cl)C(Cl)Cl. The molecule has 1 rings (SSSR count). The Hall–Kier alpha value is 0.0500. The number of alkyl halides is 4. The molecular formula is C10H5Cl4IO4. The second-order valence-corrected chi connectivity index (χ2v) is 6.37. The van der Waals surface area contributed by atoms with Gasteiger partial charge in [-0.15, -0.1) is 0 Å².